The van der Waals surface area contributed by atoms with E-state index in [1.807, 2.05) is 13.8 Å². The van der Waals surface area contributed by atoms with Crippen molar-refractivity contribution < 1.29 is 8.42 Å². The number of sulfonamides is 1. The molecule has 4 nitrogen and oxygen atoms in total. The third kappa shape index (κ3) is 4.49. The molecule has 0 heterocycles. The van der Waals surface area contributed by atoms with Crippen LogP contribution in [0.25, 0.3) is 0 Å². The van der Waals surface area contributed by atoms with Gasteiger partial charge in [0.15, 0.2) is 0 Å². The molecule has 0 spiro atoms. The average molecular weight is 236 g/mol. The summed E-state index contributed by atoms with van der Waals surface area (Å²) in [6.07, 6.45) is 0.708. The number of nitrogens with zero attached hydrogens (tertiary/aromatic N) is 1. The standard InChI is InChI=1S/C10H24N2O2S/c1-8(2)10(11)6-7-12(5)15(13,14)9(3)4/h8-10H,6-7,11H2,1-5H3. The Morgan fingerprint density at radius 1 is 1.20 bits per heavy atom. The Kier molecular flexibility index (Phi) is 5.77. The van der Waals surface area contributed by atoms with Crippen molar-refractivity contribution in [1.82, 2.24) is 4.31 Å². The first-order valence-electron chi connectivity index (χ1n) is 5.40. The Labute approximate surface area is 93.9 Å². The average Bonchev–Trinajstić information content (AvgIpc) is 2.12. The van der Waals surface area contributed by atoms with Gasteiger partial charge in [-0.05, 0) is 26.2 Å². The quantitative estimate of drug-likeness (QED) is 0.749. The van der Waals surface area contributed by atoms with Gasteiger partial charge in [-0.1, -0.05) is 13.8 Å². The first-order chi connectivity index (χ1) is 6.69. The molecule has 2 N–H and O–H groups in total. The van der Waals surface area contributed by atoms with Crippen LogP contribution in [0.15, 0.2) is 0 Å². The van der Waals surface area contributed by atoms with Crippen LogP contribution in [-0.4, -0.2) is 37.6 Å². The fourth-order valence-corrected chi connectivity index (χ4v) is 2.23. The summed E-state index contributed by atoms with van der Waals surface area (Å²) in [5.41, 5.74) is 5.86. The van der Waals surface area contributed by atoms with E-state index in [1.165, 1.54) is 4.31 Å². The second-order valence-corrected chi connectivity index (χ2v) is 7.21. The van der Waals surface area contributed by atoms with Crippen molar-refractivity contribution in [3.8, 4) is 0 Å². The minimum absolute atomic E-state index is 0.0646. The molecule has 0 saturated heterocycles. The van der Waals surface area contributed by atoms with Crippen molar-refractivity contribution in [3.05, 3.63) is 0 Å². The highest BCUT2D eigenvalue weighted by molar-refractivity contribution is 7.89. The second-order valence-electron chi connectivity index (χ2n) is 4.61. The van der Waals surface area contributed by atoms with Gasteiger partial charge in [0.1, 0.15) is 0 Å². The molecule has 0 amide bonds. The molecular weight excluding hydrogens is 212 g/mol. The molecule has 0 aromatic heterocycles. The number of hydrogen-bond acceptors (Lipinski definition) is 3. The molecule has 0 bridgehead atoms. The highest BCUT2D eigenvalue weighted by atomic mass is 32.2. The molecule has 1 atom stereocenters. The van der Waals surface area contributed by atoms with E-state index in [9.17, 15) is 8.42 Å². The Morgan fingerprint density at radius 3 is 2.00 bits per heavy atom. The Bertz CT molecular complexity index is 273. The minimum Gasteiger partial charge on any atom is -0.327 e. The fraction of sp³-hybridized carbons (Fsp3) is 1.00. The van der Waals surface area contributed by atoms with Gasteiger partial charge in [-0.2, -0.15) is 0 Å². The molecule has 1 unspecified atom stereocenters. The normalized spacial score (nSPS) is 15.3. The third-order valence-electron chi connectivity index (χ3n) is 2.66. The van der Waals surface area contributed by atoms with E-state index in [-0.39, 0.29) is 11.3 Å². The van der Waals surface area contributed by atoms with E-state index in [0.717, 1.165) is 0 Å². The summed E-state index contributed by atoms with van der Waals surface area (Å²) in [5.74, 6) is 0.389. The first-order valence-corrected chi connectivity index (χ1v) is 6.90. The molecule has 0 radical (unpaired) electrons. The summed E-state index contributed by atoms with van der Waals surface area (Å²) in [6.45, 7) is 7.96. The SMILES string of the molecule is CC(C)C(N)CCN(C)S(=O)(=O)C(C)C. The third-order valence-corrected chi connectivity index (χ3v) is 4.91. The predicted molar refractivity (Wildman–Crippen MR) is 64.1 cm³/mol. The van der Waals surface area contributed by atoms with Gasteiger partial charge in [0.2, 0.25) is 10.0 Å². The largest absolute Gasteiger partial charge is 0.327 e. The molecule has 0 aromatic rings. The second kappa shape index (κ2) is 5.82. The zero-order chi connectivity index (χ0) is 12.2. The molecule has 0 aliphatic carbocycles. The molecule has 0 rings (SSSR count). The van der Waals surface area contributed by atoms with Crippen molar-refractivity contribution in [1.29, 1.82) is 0 Å². The highest BCUT2D eigenvalue weighted by Crippen LogP contribution is 2.09. The number of nitrogens with two attached hydrogens (primary N) is 1. The van der Waals surface area contributed by atoms with Gasteiger partial charge in [0.05, 0.1) is 5.25 Å². The molecule has 0 aliphatic heterocycles. The monoisotopic (exact) mass is 236 g/mol. The predicted octanol–water partition coefficient (Wildman–Crippen LogP) is 1.03. The smallest absolute Gasteiger partial charge is 0.216 e. The van der Waals surface area contributed by atoms with Gasteiger partial charge in [-0.15, -0.1) is 0 Å². The summed E-state index contributed by atoms with van der Waals surface area (Å²) in [6, 6.07) is 0.0646. The summed E-state index contributed by atoms with van der Waals surface area (Å²) in [7, 11) is -1.51. The summed E-state index contributed by atoms with van der Waals surface area (Å²) in [4.78, 5) is 0. The summed E-state index contributed by atoms with van der Waals surface area (Å²) >= 11 is 0. The Hall–Kier alpha value is -0.130. The lowest BCUT2D eigenvalue weighted by Gasteiger charge is -2.22. The van der Waals surface area contributed by atoms with Crippen LogP contribution in [0.5, 0.6) is 0 Å². The molecule has 0 aliphatic rings. The lowest BCUT2D eigenvalue weighted by atomic mass is 10.0. The maximum Gasteiger partial charge on any atom is 0.216 e. The van der Waals surface area contributed by atoms with Crippen LogP contribution in [0.4, 0.5) is 0 Å². The van der Waals surface area contributed by atoms with Gasteiger partial charge in [-0.25, -0.2) is 12.7 Å². The number of hydrogen-bond donors (Lipinski definition) is 1. The van der Waals surface area contributed by atoms with Crippen molar-refractivity contribution >= 4 is 10.0 Å². The van der Waals surface area contributed by atoms with Gasteiger partial charge in [0.25, 0.3) is 0 Å². The van der Waals surface area contributed by atoms with Crippen LogP contribution in [0.3, 0.4) is 0 Å². The highest BCUT2D eigenvalue weighted by Gasteiger charge is 2.22. The Morgan fingerprint density at radius 2 is 1.67 bits per heavy atom. The zero-order valence-electron chi connectivity index (χ0n) is 10.4. The maximum atomic E-state index is 11.7. The molecule has 0 saturated carbocycles. The number of rotatable bonds is 6. The van der Waals surface area contributed by atoms with Crippen LogP contribution in [0, 0.1) is 5.92 Å². The minimum atomic E-state index is -3.12. The van der Waals surface area contributed by atoms with Gasteiger partial charge < -0.3 is 5.73 Å². The lowest BCUT2D eigenvalue weighted by molar-refractivity contribution is 0.395. The fourth-order valence-electron chi connectivity index (χ4n) is 1.15. The molecular formula is C10H24N2O2S. The van der Waals surface area contributed by atoms with Crippen LogP contribution in [-0.2, 0) is 10.0 Å². The topological polar surface area (TPSA) is 63.4 Å². The van der Waals surface area contributed by atoms with Gasteiger partial charge >= 0.3 is 0 Å². The molecule has 0 aromatic carbocycles. The van der Waals surface area contributed by atoms with Crippen molar-refractivity contribution in [3.63, 3.8) is 0 Å². The molecule has 5 heteroatoms. The van der Waals surface area contributed by atoms with Crippen molar-refractivity contribution in [2.45, 2.75) is 45.4 Å². The summed E-state index contributed by atoms with van der Waals surface area (Å²) < 4.78 is 24.8. The lowest BCUT2D eigenvalue weighted by Crippen LogP contribution is -2.37. The van der Waals surface area contributed by atoms with Crippen LogP contribution >= 0.6 is 0 Å². The van der Waals surface area contributed by atoms with Crippen LogP contribution < -0.4 is 5.73 Å². The van der Waals surface area contributed by atoms with E-state index in [1.54, 1.807) is 20.9 Å². The van der Waals surface area contributed by atoms with Crippen molar-refractivity contribution in [2.75, 3.05) is 13.6 Å². The van der Waals surface area contributed by atoms with Crippen molar-refractivity contribution in [2.24, 2.45) is 11.7 Å². The Balaban J connectivity index is 4.22. The van der Waals surface area contributed by atoms with Gasteiger partial charge in [-0.3, -0.25) is 0 Å². The van der Waals surface area contributed by atoms with Crippen LogP contribution in [0.2, 0.25) is 0 Å². The van der Waals surface area contributed by atoms with E-state index in [0.29, 0.717) is 18.9 Å². The molecule has 0 fully saturated rings. The molecule has 15 heavy (non-hydrogen) atoms. The van der Waals surface area contributed by atoms with E-state index < -0.39 is 10.0 Å². The molecule has 92 valence electrons. The van der Waals surface area contributed by atoms with Gasteiger partial charge in [0, 0.05) is 19.6 Å². The maximum absolute atomic E-state index is 11.7. The van der Waals surface area contributed by atoms with Crippen LogP contribution in [0.1, 0.15) is 34.1 Å². The first kappa shape index (κ1) is 14.9. The van der Waals surface area contributed by atoms with E-state index in [2.05, 4.69) is 0 Å². The van der Waals surface area contributed by atoms with E-state index >= 15 is 0 Å². The van der Waals surface area contributed by atoms with E-state index in [4.69, 9.17) is 5.73 Å². The zero-order valence-corrected chi connectivity index (χ0v) is 11.2. The summed E-state index contributed by atoms with van der Waals surface area (Å²) in [5, 5.41) is -0.363.